The molecule has 0 aromatic heterocycles. The second-order valence-electron chi connectivity index (χ2n) is 3.85. The van der Waals surface area contributed by atoms with Crippen LogP contribution in [0.2, 0.25) is 0 Å². The molecule has 0 heterocycles. The molecule has 0 aliphatic carbocycles. The number of halogens is 3. The van der Waals surface area contributed by atoms with Gasteiger partial charge in [0.1, 0.15) is 0 Å². The highest BCUT2D eigenvalue weighted by atomic mass is 19.4. The predicted molar refractivity (Wildman–Crippen MR) is 63.5 cm³/mol. The lowest BCUT2D eigenvalue weighted by molar-refractivity contribution is -0.137. The number of nitrogens with one attached hydrogen (secondary N) is 1. The first-order chi connectivity index (χ1) is 9.25. The van der Waals surface area contributed by atoms with Crippen molar-refractivity contribution in [2.75, 3.05) is 19.0 Å². The summed E-state index contributed by atoms with van der Waals surface area (Å²) in [6.07, 6.45) is -4.71. The summed E-state index contributed by atoms with van der Waals surface area (Å²) in [7, 11) is 1.36. The van der Waals surface area contributed by atoms with E-state index in [2.05, 4.69) is 10.1 Å². The van der Waals surface area contributed by atoms with E-state index >= 15 is 0 Å². The first-order valence-electron chi connectivity index (χ1n) is 5.49. The van der Waals surface area contributed by atoms with Gasteiger partial charge in [0.25, 0.3) is 0 Å². The van der Waals surface area contributed by atoms with Crippen LogP contribution < -0.4 is 5.32 Å². The Morgan fingerprint density at radius 2 is 2.00 bits per heavy atom. The van der Waals surface area contributed by atoms with Crippen LogP contribution in [0, 0.1) is 0 Å². The van der Waals surface area contributed by atoms with Crippen LogP contribution in [0.4, 0.5) is 18.9 Å². The van der Waals surface area contributed by atoms with E-state index in [0.717, 1.165) is 6.07 Å². The highest BCUT2D eigenvalue weighted by molar-refractivity contribution is 6.00. The molecule has 0 saturated carbocycles. The second kappa shape index (κ2) is 6.38. The van der Waals surface area contributed by atoms with Gasteiger partial charge in [0, 0.05) is 7.11 Å². The van der Waals surface area contributed by atoms with E-state index in [4.69, 9.17) is 5.11 Å². The number of carbonyl (C=O) groups is 2. The minimum atomic E-state index is -4.62. The summed E-state index contributed by atoms with van der Waals surface area (Å²) < 4.78 is 42.3. The Labute approximate surface area is 112 Å². The number of hydrogen-bond donors (Lipinski definition) is 2. The van der Waals surface area contributed by atoms with Crippen molar-refractivity contribution < 1.29 is 32.6 Å². The molecule has 0 spiro atoms. The van der Waals surface area contributed by atoms with Crippen molar-refractivity contribution >= 4 is 17.6 Å². The highest BCUT2D eigenvalue weighted by Crippen LogP contribution is 2.32. The van der Waals surface area contributed by atoms with E-state index in [1.54, 1.807) is 0 Å². The zero-order valence-corrected chi connectivity index (χ0v) is 10.5. The Kier molecular flexibility index (Phi) is 5.09. The zero-order valence-electron chi connectivity index (χ0n) is 10.5. The van der Waals surface area contributed by atoms with E-state index < -0.39 is 34.9 Å². The van der Waals surface area contributed by atoms with E-state index in [9.17, 15) is 22.8 Å². The van der Waals surface area contributed by atoms with E-state index in [0.29, 0.717) is 12.1 Å². The fourth-order valence-electron chi connectivity index (χ4n) is 1.42. The fraction of sp³-hybridized carbons (Fsp3) is 0.333. The molecule has 0 unspecified atom stereocenters. The molecule has 0 aliphatic rings. The third-order valence-corrected chi connectivity index (χ3v) is 2.38. The number of aromatic carboxylic acids is 1. The van der Waals surface area contributed by atoms with Crippen molar-refractivity contribution in [3.05, 3.63) is 29.3 Å². The number of carbonyl (C=O) groups excluding carboxylic acids is 1. The van der Waals surface area contributed by atoms with Gasteiger partial charge in [-0.3, -0.25) is 4.79 Å². The maximum Gasteiger partial charge on any atom is 0.416 e. The lowest BCUT2D eigenvalue weighted by atomic mass is 10.1. The molecule has 0 radical (unpaired) electrons. The minimum absolute atomic E-state index is 0.0766. The predicted octanol–water partition coefficient (Wildman–Crippen LogP) is 2.38. The second-order valence-corrected chi connectivity index (χ2v) is 3.85. The van der Waals surface area contributed by atoms with Gasteiger partial charge < -0.3 is 15.2 Å². The molecule has 110 valence electrons. The molecule has 0 fully saturated rings. The Hall–Kier alpha value is -2.09. The Bertz CT molecular complexity index is 514. The monoisotopic (exact) mass is 291 g/mol. The maximum atomic E-state index is 12.6. The minimum Gasteiger partial charge on any atom is -0.478 e. The van der Waals surface area contributed by atoms with Gasteiger partial charge in [-0.1, -0.05) is 0 Å². The summed E-state index contributed by atoms with van der Waals surface area (Å²) in [6, 6.07) is 2.04. The third kappa shape index (κ3) is 4.23. The number of hydrogen-bond acceptors (Lipinski definition) is 3. The first-order valence-corrected chi connectivity index (χ1v) is 5.49. The van der Waals surface area contributed by atoms with Crippen LogP contribution in [0.1, 0.15) is 22.3 Å². The van der Waals surface area contributed by atoms with Gasteiger partial charge in [-0.25, -0.2) is 4.79 Å². The Morgan fingerprint density at radius 3 is 2.50 bits per heavy atom. The summed E-state index contributed by atoms with van der Waals surface area (Å²) in [4.78, 5) is 22.4. The summed E-state index contributed by atoms with van der Waals surface area (Å²) in [5.41, 5.74) is -1.85. The Balaban J connectivity index is 3.06. The highest BCUT2D eigenvalue weighted by Gasteiger charge is 2.31. The smallest absolute Gasteiger partial charge is 0.416 e. The van der Waals surface area contributed by atoms with Crippen LogP contribution in [0.5, 0.6) is 0 Å². The fourth-order valence-corrected chi connectivity index (χ4v) is 1.42. The average molecular weight is 291 g/mol. The van der Waals surface area contributed by atoms with E-state index in [1.165, 1.54) is 7.11 Å². The number of benzene rings is 1. The number of alkyl halides is 3. The summed E-state index contributed by atoms with van der Waals surface area (Å²) in [5.74, 6) is -2.06. The van der Waals surface area contributed by atoms with Gasteiger partial charge in [-0.05, 0) is 18.2 Å². The molecule has 0 atom stereocenters. The standard InChI is InChI=1S/C12H12F3NO4/c1-20-5-4-10(17)16-9-6-7(12(13,14)15)2-3-8(9)11(18)19/h2-3,6H,4-5H2,1H3,(H,16,17)(H,18,19). The molecule has 8 heteroatoms. The van der Waals surface area contributed by atoms with E-state index in [-0.39, 0.29) is 13.0 Å². The lowest BCUT2D eigenvalue weighted by Gasteiger charge is -2.12. The van der Waals surface area contributed by atoms with Gasteiger partial charge >= 0.3 is 12.1 Å². The molecule has 5 nitrogen and oxygen atoms in total. The van der Waals surface area contributed by atoms with Crippen LogP contribution in [0.25, 0.3) is 0 Å². The van der Waals surface area contributed by atoms with Crippen molar-refractivity contribution in [1.29, 1.82) is 0 Å². The van der Waals surface area contributed by atoms with Crippen molar-refractivity contribution in [3.63, 3.8) is 0 Å². The molecular formula is C12H12F3NO4. The van der Waals surface area contributed by atoms with Gasteiger partial charge in [0.15, 0.2) is 0 Å². The molecule has 1 aromatic carbocycles. The molecule has 0 saturated heterocycles. The third-order valence-electron chi connectivity index (χ3n) is 2.38. The normalized spacial score (nSPS) is 11.2. The van der Waals surface area contributed by atoms with Crippen LogP contribution in [-0.4, -0.2) is 30.7 Å². The lowest BCUT2D eigenvalue weighted by Crippen LogP contribution is -2.17. The molecule has 0 aliphatic heterocycles. The van der Waals surface area contributed by atoms with Gasteiger partial charge in [-0.15, -0.1) is 0 Å². The van der Waals surface area contributed by atoms with Crippen molar-refractivity contribution in [1.82, 2.24) is 0 Å². The van der Waals surface area contributed by atoms with Gasteiger partial charge in [0.2, 0.25) is 5.91 Å². The number of carboxylic acids is 1. The number of rotatable bonds is 5. The molecule has 0 bridgehead atoms. The number of ether oxygens (including phenoxy) is 1. The van der Waals surface area contributed by atoms with Crippen molar-refractivity contribution in [2.45, 2.75) is 12.6 Å². The summed E-state index contributed by atoms with van der Waals surface area (Å²) >= 11 is 0. The van der Waals surface area contributed by atoms with Gasteiger partial charge in [-0.2, -0.15) is 13.2 Å². The van der Waals surface area contributed by atoms with E-state index in [1.807, 2.05) is 0 Å². The van der Waals surface area contributed by atoms with Crippen LogP contribution in [-0.2, 0) is 15.7 Å². The molecule has 2 N–H and O–H groups in total. The number of amides is 1. The quantitative estimate of drug-likeness (QED) is 0.873. The largest absolute Gasteiger partial charge is 0.478 e. The molecule has 1 rings (SSSR count). The topological polar surface area (TPSA) is 75.6 Å². The Morgan fingerprint density at radius 1 is 1.35 bits per heavy atom. The summed E-state index contributed by atoms with van der Waals surface area (Å²) in [5, 5.41) is 11.0. The molecular weight excluding hydrogens is 279 g/mol. The summed E-state index contributed by atoms with van der Waals surface area (Å²) in [6.45, 7) is 0.0766. The van der Waals surface area contributed by atoms with Gasteiger partial charge in [0.05, 0.1) is 29.8 Å². The molecule has 1 amide bonds. The average Bonchev–Trinajstić information content (AvgIpc) is 2.34. The molecule has 1 aromatic rings. The molecule has 20 heavy (non-hydrogen) atoms. The zero-order chi connectivity index (χ0) is 15.3. The van der Waals surface area contributed by atoms with Crippen LogP contribution in [0.3, 0.4) is 0 Å². The number of anilines is 1. The number of methoxy groups -OCH3 is 1. The first kappa shape index (κ1) is 16.0. The van der Waals surface area contributed by atoms with Crippen molar-refractivity contribution in [2.24, 2.45) is 0 Å². The SMILES string of the molecule is COCCC(=O)Nc1cc(C(F)(F)F)ccc1C(=O)O. The van der Waals surface area contributed by atoms with Crippen molar-refractivity contribution in [3.8, 4) is 0 Å². The number of carboxylic acid groups (broad SMARTS) is 1. The van der Waals surface area contributed by atoms with Crippen LogP contribution >= 0.6 is 0 Å². The maximum absolute atomic E-state index is 12.6. The van der Waals surface area contributed by atoms with Crippen LogP contribution in [0.15, 0.2) is 18.2 Å².